The van der Waals surface area contributed by atoms with Crippen molar-refractivity contribution in [2.24, 2.45) is 0 Å². The van der Waals surface area contributed by atoms with Crippen molar-refractivity contribution < 1.29 is 14.6 Å². The Hall–Kier alpha value is -1.95. The largest absolute Gasteiger partial charge is 0.477 e. The van der Waals surface area contributed by atoms with E-state index in [1.54, 1.807) is 18.3 Å². The molecule has 76 valence electrons. The molecule has 6 heteroatoms. The smallest absolute Gasteiger partial charge is 0.351 e. The number of thiazole rings is 1. The minimum Gasteiger partial charge on any atom is -0.477 e. The first-order valence-electron chi connectivity index (χ1n) is 4.02. The highest BCUT2D eigenvalue weighted by molar-refractivity contribution is 7.12. The van der Waals surface area contributed by atoms with Gasteiger partial charge in [0.05, 0.1) is 11.7 Å². The number of carboxylic acid groups (broad SMARTS) is 1. The Morgan fingerprint density at radius 3 is 3.07 bits per heavy atom. The molecule has 1 N–H and O–H groups in total. The highest BCUT2D eigenvalue weighted by Gasteiger charge is 2.15. The van der Waals surface area contributed by atoms with Crippen LogP contribution in [0.5, 0.6) is 11.6 Å². The number of aromatic carboxylic acids is 1. The van der Waals surface area contributed by atoms with Crippen LogP contribution in [0.3, 0.4) is 0 Å². The molecule has 0 fully saturated rings. The van der Waals surface area contributed by atoms with Gasteiger partial charge in [-0.25, -0.2) is 9.78 Å². The highest BCUT2D eigenvalue weighted by atomic mass is 32.1. The Labute approximate surface area is 89.0 Å². The van der Waals surface area contributed by atoms with Crippen LogP contribution in [0.4, 0.5) is 0 Å². The van der Waals surface area contributed by atoms with Gasteiger partial charge in [0.15, 0.2) is 4.88 Å². The van der Waals surface area contributed by atoms with E-state index in [4.69, 9.17) is 9.84 Å². The molecule has 0 bridgehead atoms. The molecule has 0 aliphatic rings. The topological polar surface area (TPSA) is 72.3 Å². The second-order valence-electron chi connectivity index (χ2n) is 2.58. The average Bonchev–Trinajstić information content (AvgIpc) is 2.67. The maximum absolute atomic E-state index is 10.7. The van der Waals surface area contributed by atoms with Gasteiger partial charge in [-0.1, -0.05) is 0 Å². The molecule has 0 amide bonds. The van der Waals surface area contributed by atoms with Crippen LogP contribution in [-0.2, 0) is 0 Å². The number of pyridine rings is 1. The quantitative estimate of drug-likeness (QED) is 0.860. The summed E-state index contributed by atoms with van der Waals surface area (Å²) in [5, 5.41) is 8.81. The third-order valence-electron chi connectivity index (χ3n) is 1.58. The van der Waals surface area contributed by atoms with Crippen LogP contribution < -0.4 is 4.74 Å². The fourth-order valence-electron chi connectivity index (χ4n) is 0.970. The summed E-state index contributed by atoms with van der Waals surface area (Å²) >= 11 is 1.02. The molecule has 0 spiro atoms. The fraction of sp³-hybridized carbons (Fsp3) is 0. The standard InChI is InChI=1S/C9H6N2O3S/c12-9(13)7-8(11-5-15-7)14-6-2-1-3-10-4-6/h1-5H,(H,12,13). The van der Waals surface area contributed by atoms with Crippen LogP contribution in [0.1, 0.15) is 9.67 Å². The Balaban J connectivity index is 2.25. The van der Waals surface area contributed by atoms with Crippen molar-refractivity contribution >= 4 is 17.3 Å². The second kappa shape index (κ2) is 4.05. The number of rotatable bonds is 3. The van der Waals surface area contributed by atoms with Gasteiger partial charge in [-0.2, -0.15) is 0 Å². The molecule has 0 aliphatic carbocycles. The van der Waals surface area contributed by atoms with Crippen molar-refractivity contribution in [1.82, 2.24) is 9.97 Å². The maximum Gasteiger partial charge on any atom is 0.351 e. The Bertz CT molecular complexity index is 469. The lowest BCUT2D eigenvalue weighted by Crippen LogP contribution is -1.96. The molecule has 0 atom stereocenters. The zero-order valence-electron chi connectivity index (χ0n) is 7.45. The van der Waals surface area contributed by atoms with Crippen LogP contribution in [0.15, 0.2) is 30.0 Å². The van der Waals surface area contributed by atoms with Crippen molar-refractivity contribution in [3.8, 4) is 11.6 Å². The van der Waals surface area contributed by atoms with Crippen molar-refractivity contribution in [2.45, 2.75) is 0 Å². The minimum absolute atomic E-state index is 0.0823. The van der Waals surface area contributed by atoms with Crippen LogP contribution in [0.25, 0.3) is 0 Å². The van der Waals surface area contributed by atoms with E-state index in [0.717, 1.165) is 11.3 Å². The average molecular weight is 222 g/mol. The van der Waals surface area contributed by atoms with E-state index in [1.807, 2.05) is 0 Å². The molecule has 0 unspecified atom stereocenters. The van der Waals surface area contributed by atoms with Crippen LogP contribution in [0, 0.1) is 0 Å². The van der Waals surface area contributed by atoms with E-state index in [1.165, 1.54) is 11.7 Å². The summed E-state index contributed by atoms with van der Waals surface area (Å²) < 4.78 is 5.27. The third kappa shape index (κ3) is 2.10. The van der Waals surface area contributed by atoms with Gasteiger partial charge in [0.1, 0.15) is 5.75 Å². The van der Waals surface area contributed by atoms with Crippen molar-refractivity contribution in [1.29, 1.82) is 0 Å². The summed E-state index contributed by atoms with van der Waals surface area (Å²) in [6.07, 6.45) is 3.09. The molecule has 2 rings (SSSR count). The van der Waals surface area contributed by atoms with E-state index in [0.29, 0.717) is 5.75 Å². The zero-order valence-corrected chi connectivity index (χ0v) is 8.27. The number of aromatic nitrogens is 2. The number of carboxylic acids is 1. The first-order valence-corrected chi connectivity index (χ1v) is 4.90. The summed E-state index contributed by atoms with van der Waals surface area (Å²) in [5.41, 5.74) is 1.43. The summed E-state index contributed by atoms with van der Waals surface area (Å²) in [7, 11) is 0. The van der Waals surface area contributed by atoms with Gasteiger partial charge in [0.25, 0.3) is 0 Å². The van der Waals surface area contributed by atoms with E-state index in [9.17, 15) is 4.79 Å². The van der Waals surface area contributed by atoms with Crippen LogP contribution in [-0.4, -0.2) is 21.0 Å². The number of hydrogen-bond acceptors (Lipinski definition) is 5. The van der Waals surface area contributed by atoms with Crippen LogP contribution in [0.2, 0.25) is 0 Å². The first-order chi connectivity index (χ1) is 7.27. The molecule has 0 saturated carbocycles. The van der Waals surface area contributed by atoms with Gasteiger partial charge in [-0.05, 0) is 12.1 Å². The van der Waals surface area contributed by atoms with E-state index < -0.39 is 5.97 Å². The van der Waals surface area contributed by atoms with Gasteiger partial charge in [0.2, 0.25) is 5.88 Å². The highest BCUT2D eigenvalue weighted by Crippen LogP contribution is 2.25. The summed E-state index contributed by atoms with van der Waals surface area (Å²) in [6, 6.07) is 3.38. The monoisotopic (exact) mass is 222 g/mol. The van der Waals surface area contributed by atoms with E-state index in [2.05, 4.69) is 9.97 Å². The molecule has 0 radical (unpaired) electrons. The maximum atomic E-state index is 10.7. The van der Waals surface area contributed by atoms with Crippen LogP contribution >= 0.6 is 11.3 Å². The number of hydrogen-bond donors (Lipinski definition) is 1. The SMILES string of the molecule is O=C(O)c1scnc1Oc1cccnc1. The zero-order chi connectivity index (χ0) is 10.7. The van der Waals surface area contributed by atoms with E-state index in [-0.39, 0.29) is 10.8 Å². The number of carbonyl (C=O) groups is 1. The molecule has 0 aliphatic heterocycles. The molecular formula is C9H6N2O3S. The number of ether oxygens (including phenoxy) is 1. The van der Waals surface area contributed by atoms with Crippen molar-refractivity contribution in [3.05, 3.63) is 34.9 Å². The molecule has 5 nitrogen and oxygen atoms in total. The first kappa shape index (κ1) is 9.60. The normalized spacial score (nSPS) is 9.87. The molecule has 2 aromatic heterocycles. The predicted octanol–water partition coefficient (Wildman–Crippen LogP) is 2.03. The Morgan fingerprint density at radius 2 is 2.40 bits per heavy atom. The van der Waals surface area contributed by atoms with Gasteiger partial charge in [-0.3, -0.25) is 4.98 Å². The molecule has 2 heterocycles. The lowest BCUT2D eigenvalue weighted by molar-refractivity contribution is 0.0699. The molecule has 0 saturated heterocycles. The van der Waals surface area contributed by atoms with Gasteiger partial charge < -0.3 is 9.84 Å². The van der Waals surface area contributed by atoms with E-state index >= 15 is 0 Å². The predicted molar refractivity (Wildman–Crippen MR) is 53.4 cm³/mol. The molecule has 0 aromatic carbocycles. The number of nitrogens with zero attached hydrogens (tertiary/aromatic N) is 2. The molecule has 2 aromatic rings. The van der Waals surface area contributed by atoms with Crippen molar-refractivity contribution in [3.63, 3.8) is 0 Å². The minimum atomic E-state index is -1.05. The summed E-state index contributed by atoms with van der Waals surface area (Å²) in [4.78, 5) is 18.5. The second-order valence-corrected chi connectivity index (χ2v) is 3.44. The lowest BCUT2D eigenvalue weighted by Gasteiger charge is -2.01. The summed E-state index contributed by atoms with van der Waals surface area (Å²) in [5.74, 6) is -0.484. The summed E-state index contributed by atoms with van der Waals surface area (Å²) in [6.45, 7) is 0. The molecule has 15 heavy (non-hydrogen) atoms. The van der Waals surface area contributed by atoms with Gasteiger partial charge in [0, 0.05) is 6.20 Å². The van der Waals surface area contributed by atoms with Gasteiger partial charge >= 0.3 is 5.97 Å². The lowest BCUT2D eigenvalue weighted by atomic mass is 10.4. The molecular weight excluding hydrogens is 216 g/mol. The fourth-order valence-corrected chi connectivity index (χ4v) is 1.52. The van der Waals surface area contributed by atoms with Gasteiger partial charge in [-0.15, -0.1) is 11.3 Å². The van der Waals surface area contributed by atoms with Crippen molar-refractivity contribution in [2.75, 3.05) is 0 Å². The Kier molecular flexibility index (Phi) is 2.59. The third-order valence-corrected chi connectivity index (χ3v) is 2.37. The Morgan fingerprint density at radius 1 is 1.53 bits per heavy atom.